The first-order chi connectivity index (χ1) is 11.3. The van der Waals surface area contributed by atoms with Crippen LogP contribution < -0.4 is 0 Å². The highest BCUT2D eigenvalue weighted by molar-refractivity contribution is 6.19. The molecule has 6 heteroatoms. The Morgan fingerprint density at radius 3 is 2.25 bits per heavy atom. The minimum Gasteiger partial charge on any atom is -0.308 e. The Morgan fingerprint density at radius 2 is 1.71 bits per heavy atom. The van der Waals surface area contributed by atoms with Gasteiger partial charge in [-0.2, -0.15) is 0 Å². The highest BCUT2D eigenvalue weighted by Crippen LogP contribution is 2.37. The largest absolute Gasteiger partial charge is 0.333 e. The van der Waals surface area contributed by atoms with Crippen LogP contribution in [-0.2, 0) is 9.59 Å². The van der Waals surface area contributed by atoms with Crippen molar-refractivity contribution in [2.24, 2.45) is 5.41 Å². The lowest BCUT2D eigenvalue weighted by Crippen LogP contribution is -2.68. The maximum Gasteiger partial charge on any atom is 0.333 e. The van der Waals surface area contributed by atoms with Gasteiger partial charge in [0.25, 0.3) is 0 Å². The monoisotopic (exact) mass is 337 g/mol. The summed E-state index contributed by atoms with van der Waals surface area (Å²) in [5, 5.41) is 0. The van der Waals surface area contributed by atoms with Crippen LogP contribution in [-0.4, -0.2) is 66.3 Å². The molecule has 6 nitrogen and oxygen atoms in total. The maximum atomic E-state index is 13.4. The number of rotatable bonds is 6. The summed E-state index contributed by atoms with van der Waals surface area (Å²) in [6, 6.07) is -0.500. The van der Waals surface area contributed by atoms with Gasteiger partial charge in [0.05, 0.1) is 0 Å². The molecule has 1 saturated heterocycles. The Balaban J connectivity index is 2.40. The van der Waals surface area contributed by atoms with Crippen LogP contribution in [0.1, 0.15) is 58.3 Å². The summed E-state index contributed by atoms with van der Waals surface area (Å²) in [6.07, 6.45) is 7.14. The summed E-state index contributed by atoms with van der Waals surface area (Å²) in [4.78, 5) is 43.5. The number of carbonyl (C=O) groups is 3. The van der Waals surface area contributed by atoms with E-state index >= 15 is 0 Å². The number of hydrogen-bond acceptors (Lipinski definition) is 4. The van der Waals surface area contributed by atoms with E-state index in [1.54, 1.807) is 0 Å². The quantitative estimate of drug-likeness (QED) is 0.699. The van der Waals surface area contributed by atoms with E-state index in [1.807, 2.05) is 19.0 Å². The summed E-state index contributed by atoms with van der Waals surface area (Å²) >= 11 is 0. The Kier molecular flexibility index (Phi) is 6.01. The van der Waals surface area contributed by atoms with Gasteiger partial charge in [-0.1, -0.05) is 39.0 Å². The number of urea groups is 1. The van der Waals surface area contributed by atoms with Crippen LogP contribution in [0.5, 0.6) is 0 Å². The highest BCUT2D eigenvalue weighted by atomic mass is 16.2. The molecule has 136 valence electrons. The SMILES string of the molecule is CCCC[C@]1(CN(C)C)C(=O)N(C)C(=O)N(C2CCCCC2)C1=O. The zero-order valence-corrected chi connectivity index (χ0v) is 15.5. The van der Waals surface area contributed by atoms with E-state index in [1.165, 1.54) is 16.8 Å². The van der Waals surface area contributed by atoms with E-state index in [0.29, 0.717) is 13.0 Å². The zero-order chi connectivity index (χ0) is 17.9. The molecular formula is C18H31N3O3. The van der Waals surface area contributed by atoms with Crippen molar-refractivity contribution in [3.63, 3.8) is 0 Å². The second-order valence-electron chi connectivity index (χ2n) is 7.54. The molecule has 4 amide bonds. The van der Waals surface area contributed by atoms with Gasteiger partial charge in [0.1, 0.15) is 5.41 Å². The first kappa shape index (κ1) is 18.9. The Morgan fingerprint density at radius 1 is 1.08 bits per heavy atom. The zero-order valence-electron chi connectivity index (χ0n) is 15.5. The maximum absolute atomic E-state index is 13.4. The first-order valence-electron chi connectivity index (χ1n) is 9.15. The third-order valence-electron chi connectivity index (χ3n) is 5.32. The number of unbranched alkanes of at least 4 members (excludes halogenated alkanes) is 1. The predicted molar refractivity (Wildman–Crippen MR) is 92.4 cm³/mol. The summed E-state index contributed by atoms with van der Waals surface area (Å²) in [6.45, 7) is 2.40. The molecule has 2 fully saturated rings. The lowest BCUT2D eigenvalue weighted by atomic mass is 9.77. The summed E-state index contributed by atoms with van der Waals surface area (Å²) in [5.74, 6) is -0.614. The van der Waals surface area contributed by atoms with E-state index in [9.17, 15) is 14.4 Å². The van der Waals surface area contributed by atoms with Gasteiger partial charge in [0.15, 0.2) is 0 Å². The number of amides is 4. The molecule has 24 heavy (non-hydrogen) atoms. The summed E-state index contributed by atoms with van der Waals surface area (Å²) in [5.41, 5.74) is -1.13. The number of nitrogens with zero attached hydrogens (tertiary/aromatic N) is 3. The van der Waals surface area contributed by atoms with Gasteiger partial charge in [0.2, 0.25) is 11.8 Å². The smallest absolute Gasteiger partial charge is 0.308 e. The fraction of sp³-hybridized carbons (Fsp3) is 0.833. The third-order valence-corrected chi connectivity index (χ3v) is 5.32. The second-order valence-corrected chi connectivity index (χ2v) is 7.54. The van der Waals surface area contributed by atoms with Crippen molar-refractivity contribution in [1.29, 1.82) is 0 Å². The van der Waals surface area contributed by atoms with Gasteiger partial charge >= 0.3 is 6.03 Å². The van der Waals surface area contributed by atoms with Crippen LogP contribution in [0.15, 0.2) is 0 Å². The van der Waals surface area contributed by atoms with Crippen LogP contribution in [0.25, 0.3) is 0 Å². The van der Waals surface area contributed by atoms with E-state index in [2.05, 4.69) is 6.92 Å². The van der Waals surface area contributed by atoms with E-state index < -0.39 is 11.4 Å². The molecule has 0 aromatic rings. The summed E-state index contributed by atoms with van der Waals surface area (Å²) in [7, 11) is 5.26. The molecule has 0 bridgehead atoms. The van der Waals surface area contributed by atoms with Gasteiger partial charge in [-0.3, -0.25) is 19.4 Å². The Hall–Kier alpha value is -1.43. The fourth-order valence-electron chi connectivity index (χ4n) is 4.09. The molecule has 2 aliphatic rings. The molecule has 1 aliphatic heterocycles. The van der Waals surface area contributed by atoms with Crippen molar-refractivity contribution in [2.45, 2.75) is 64.3 Å². The highest BCUT2D eigenvalue weighted by Gasteiger charge is 2.57. The number of carbonyl (C=O) groups excluding carboxylic acids is 3. The van der Waals surface area contributed by atoms with Gasteiger partial charge in [0, 0.05) is 19.6 Å². The van der Waals surface area contributed by atoms with Crippen LogP contribution in [0, 0.1) is 5.41 Å². The molecule has 1 aliphatic carbocycles. The normalized spacial score (nSPS) is 26.6. The van der Waals surface area contributed by atoms with Gasteiger partial charge in [-0.25, -0.2) is 4.79 Å². The minimum absolute atomic E-state index is 0.0579. The lowest BCUT2D eigenvalue weighted by Gasteiger charge is -2.47. The molecule has 1 atom stereocenters. The van der Waals surface area contributed by atoms with Crippen molar-refractivity contribution in [3.8, 4) is 0 Å². The molecule has 0 spiro atoms. The van der Waals surface area contributed by atoms with Gasteiger partial charge < -0.3 is 4.90 Å². The van der Waals surface area contributed by atoms with Crippen LogP contribution in [0.2, 0.25) is 0 Å². The molecule has 0 aromatic heterocycles. The van der Waals surface area contributed by atoms with E-state index in [0.717, 1.165) is 44.9 Å². The number of barbiturate groups is 1. The van der Waals surface area contributed by atoms with Crippen molar-refractivity contribution in [2.75, 3.05) is 27.7 Å². The third kappa shape index (κ3) is 3.34. The van der Waals surface area contributed by atoms with Gasteiger partial charge in [-0.05, 0) is 33.4 Å². The van der Waals surface area contributed by atoms with Gasteiger partial charge in [-0.15, -0.1) is 0 Å². The van der Waals surface area contributed by atoms with Crippen LogP contribution in [0.4, 0.5) is 4.79 Å². The standard InChI is InChI=1S/C18H31N3O3/c1-5-6-12-18(13-19(2)3)15(22)20(4)17(24)21(16(18)23)14-10-8-7-9-11-14/h14H,5-13H2,1-4H3/t18-/m0/s1. The molecule has 0 unspecified atom stereocenters. The van der Waals surface area contributed by atoms with Crippen LogP contribution >= 0.6 is 0 Å². The lowest BCUT2D eigenvalue weighted by molar-refractivity contribution is -0.161. The number of imide groups is 2. The summed E-state index contributed by atoms with van der Waals surface area (Å²) < 4.78 is 0. The molecule has 1 saturated carbocycles. The van der Waals surface area contributed by atoms with E-state index in [4.69, 9.17) is 0 Å². The molecule has 0 aromatic carbocycles. The topological polar surface area (TPSA) is 60.9 Å². The molecular weight excluding hydrogens is 306 g/mol. The molecule has 0 radical (unpaired) electrons. The van der Waals surface area contributed by atoms with Crippen molar-refractivity contribution >= 4 is 17.8 Å². The predicted octanol–water partition coefficient (Wildman–Crippen LogP) is 2.48. The molecule has 1 heterocycles. The number of hydrogen-bond donors (Lipinski definition) is 0. The first-order valence-corrected chi connectivity index (χ1v) is 9.15. The Bertz CT molecular complexity index is 500. The van der Waals surface area contributed by atoms with Crippen LogP contribution in [0.3, 0.4) is 0 Å². The average Bonchev–Trinajstić information content (AvgIpc) is 2.56. The second kappa shape index (κ2) is 7.64. The fourth-order valence-corrected chi connectivity index (χ4v) is 4.09. The Labute approximate surface area is 145 Å². The average molecular weight is 337 g/mol. The molecule has 0 N–H and O–H groups in total. The minimum atomic E-state index is -1.13. The van der Waals surface area contributed by atoms with Crippen molar-refractivity contribution in [1.82, 2.24) is 14.7 Å². The van der Waals surface area contributed by atoms with E-state index in [-0.39, 0.29) is 17.9 Å². The van der Waals surface area contributed by atoms with Crippen molar-refractivity contribution in [3.05, 3.63) is 0 Å². The van der Waals surface area contributed by atoms with Crippen molar-refractivity contribution < 1.29 is 14.4 Å². The molecule has 2 rings (SSSR count).